The van der Waals surface area contributed by atoms with Crippen molar-refractivity contribution in [2.45, 2.75) is 13.8 Å². The molecule has 0 spiro atoms. The highest BCUT2D eigenvalue weighted by atomic mass is 16.3. The van der Waals surface area contributed by atoms with Gasteiger partial charge in [0.1, 0.15) is 0 Å². The molecular formula is C8H15NO2. The van der Waals surface area contributed by atoms with Crippen molar-refractivity contribution in [3.63, 3.8) is 0 Å². The molecule has 3 heteroatoms. The predicted octanol–water partition coefficient (Wildman–Crippen LogP) is 0.969. The van der Waals surface area contributed by atoms with E-state index in [1.54, 1.807) is 0 Å². The monoisotopic (exact) mass is 157 g/mol. The average molecular weight is 157 g/mol. The Bertz CT molecular complexity index is 179. The summed E-state index contributed by atoms with van der Waals surface area (Å²) < 4.78 is 0. The molecule has 0 bridgehead atoms. The van der Waals surface area contributed by atoms with Gasteiger partial charge in [0, 0.05) is 12.1 Å². The quantitative estimate of drug-likeness (QED) is 0.490. The molecule has 0 aliphatic heterocycles. The van der Waals surface area contributed by atoms with E-state index >= 15 is 0 Å². The summed E-state index contributed by atoms with van der Waals surface area (Å²) in [5, 5.41) is 9.06. The Hall–Kier alpha value is -0.830. The Kier molecular flexibility index (Phi) is 3.82. The van der Waals surface area contributed by atoms with Gasteiger partial charge in [-0.2, -0.15) is 0 Å². The highest BCUT2D eigenvalue weighted by Crippen LogP contribution is 2.02. The molecule has 0 saturated carbocycles. The molecule has 0 aromatic carbocycles. The van der Waals surface area contributed by atoms with E-state index in [-0.39, 0.29) is 11.5 Å². The number of aliphatic hydroxyl groups excluding tert-OH is 1. The van der Waals surface area contributed by atoms with E-state index in [1.807, 2.05) is 19.0 Å². The molecule has 0 heterocycles. The van der Waals surface area contributed by atoms with Gasteiger partial charge in [-0.25, -0.2) is 0 Å². The number of carbonyl (C=O) groups is 1. The van der Waals surface area contributed by atoms with Gasteiger partial charge in [0.2, 0.25) is 0 Å². The fourth-order valence-electron chi connectivity index (χ4n) is 0.797. The van der Waals surface area contributed by atoms with Crippen LogP contribution in [0.4, 0.5) is 0 Å². The fraction of sp³-hybridized carbons (Fsp3) is 0.625. The van der Waals surface area contributed by atoms with Crippen molar-refractivity contribution in [1.82, 2.24) is 4.90 Å². The molecule has 0 aliphatic carbocycles. The van der Waals surface area contributed by atoms with Crippen LogP contribution in [-0.2, 0) is 4.79 Å². The molecule has 0 aliphatic rings. The number of ketones is 1. The molecule has 0 atom stereocenters. The van der Waals surface area contributed by atoms with Crippen LogP contribution in [0.3, 0.4) is 0 Å². The summed E-state index contributed by atoms with van der Waals surface area (Å²) in [7, 11) is 3.71. The Morgan fingerprint density at radius 1 is 1.36 bits per heavy atom. The van der Waals surface area contributed by atoms with Crippen LogP contribution in [0, 0.1) is 0 Å². The van der Waals surface area contributed by atoms with Gasteiger partial charge in [-0.1, -0.05) is 0 Å². The smallest absolute Gasteiger partial charge is 0.160 e. The van der Waals surface area contributed by atoms with Gasteiger partial charge >= 0.3 is 0 Å². The molecule has 3 nitrogen and oxygen atoms in total. The van der Waals surface area contributed by atoms with Crippen molar-refractivity contribution < 1.29 is 9.90 Å². The fourth-order valence-corrected chi connectivity index (χ4v) is 0.797. The van der Waals surface area contributed by atoms with Crippen molar-refractivity contribution in [3.05, 3.63) is 11.3 Å². The number of aliphatic hydroxyl groups is 1. The number of hydrogen-bond donors (Lipinski definition) is 1. The lowest BCUT2D eigenvalue weighted by atomic mass is 10.1. The summed E-state index contributed by atoms with van der Waals surface area (Å²) >= 11 is 0. The van der Waals surface area contributed by atoms with Crippen molar-refractivity contribution in [1.29, 1.82) is 0 Å². The number of likely N-dealkylation sites (N-methyl/N-ethyl adjacent to an activating group) is 1. The first-order valence-electron chi connectivity index (χ1n) is 3.49. The molecule has 11 heavy (non-hydrogen) atoms. The molecule has 1 N–H and O–H groups in total. The van der Waals surface area contributed by atoms with Gasteiger partial charge in [-0.3, -0.25) is 4.79 Å². The summed E-state index contributed by atoms with van der Waals surface area (Å²) in [4.78, 5) is 12.7. The second-order valence-corrected chi connectivity index (χ2v) is 2.86. The van der Waals surface area contributed by atoms with E-state index in [2.05, 4.69) is 0 Å². The zero-order valence-electron chi connectivity index (χ0n) is 7.51. The number of rotatable bonds is 3. The van der Waals surface area contributed by atoms with E-state index in [9.17, 15) is 4.79 Å². The van der Waals surface area contributed by atoms with Crippen LogP contribution in [0.2, 0.25) is 0 Å². The van der Waals surface area contributed by atoms with E-state index in [0.29, 0.717) is 12.1 Å². The molecule has 0 saturated heterocycles. The maximum atomic E-state index is 10.9. The van der Waals surface area contributed by atoms with Crippen LogP contribution in [0.5, 0.6) is 0 Å². The van der Waals surface area contributed by atoms with Gasteiger partial charge in [0.25, 0.3) is 0 Å². The third kappa shape index (κ3) is 3.78. The second kappa shape index (κ2) is 4.13. The summed E-state index contributed by atoms with van der Waals surface area (Å²) in [5.41, 5.74) is 0.481. The first-order valence-corrected chi connectivity index (χ1v) is 3.49. The predicted molar refractivity (Wildman–Crippen MR) is 44.6 cm³/mol. The van der Waals surface area contributed by atoms with Crippen molar-refractivity contribution in [3.8, 4) is 0 Å². The molecule has 0 amide bonds. The maximum Gasteiger partial charge on any atom is 0.160 e. The SMILES string of the molecule is CC(=O)/C(CN(C)C)=C(/C)O. The van der Waals surface area contributed by atoms with E-state index in [4.69, 9.17) is 5.11 Å². The summed E-state index contributed by atoms with van der Waals surface area (Å²) in [6.07, 6.45) is 0. The van der Waals surface area contributed by atoms with Crippen LogP contribution < -0.4 is 0 Å². The third-order valence-electron chi connectivity index (χ3n) is 1.34. The lowest BCUT2D eigenvalue weighted by Crippen LogP contribution is -2.19. The number of allylic oxidation sites excluding steroid dienone is 1. The van der Waals surface area contributed by atoms with Crippen LogP contribution in [-0.4, -0.2) is 36.4 Å². The standard InChI is InChI=1S/C8H15NO2/c1-6(10)8(7(2)11)5-9(3)4/h10H,5H2,1-4H3/b8-6-. The van der Waals surface area contributed by atoms with Gasteiger partial charge in [0.05, 0.1) is 5.76 Å². The minimum Gasteiger partial charge on any atom is -0.512 e. The summed E-state index contributed by atoms with van der Waals surface area (Å²) in [5.74, 6) is 0.0462. The van der Waals surface area contributed by atoms with E-state index < -0.39 is 0 Å². The molecular weight excluding hydrogens is 142 g/mol. The molecule has 0 rings (SSSR count). The molecule has 0 aromatic rings. The molecule has 0 fully saturated rings. The second-order valence-electron chi connectivity index (χ2n) is 2.86. The Morgan fingerprint density at radius 2 is 1.82 bits per heavy atom. The first kappa shape index (κ1) is 10.2. The van der Waals surface area contributed by atoms with Crippen LogP contribution in [0.1, 0.15) is 13.8 Å². The molecule has 0 unspecified atom stereocenters. The number of hydrogen-bond acceptors (Lipinski definition) is 3. The third-order valence-corrected chi connectivity index (χ3v) is 1.34. The highest BCUT2D eigenvalue weighted by molar-refractivity contribution is 5.94. The molecule has 64 valence electrons. The van der Waals surface area contributed by atoms with Crippen molar-refractivity contribution in [2.24, 2.45) is 0 Å². The largest absolute Gasteiger partial charge is 0.512 e. The Morgan fingerprint density at radius 3 is 1.91 bits per heavy atom. The maximum absolute atomic E-state index is 10.9. The lowest BCUT2D eigenvalue weighted by Gasteiger charge is -2.11. The summed E-state index contributed by atoms with van der Waals surface area (Å²) in [6.45, 7) is 3.48. The van der Waals surface area contributed by atoms with Crippen LogP contribution in [0.15, 0.2) is 11.3 Å². The molecule has 0 aromatic heterocycles. The molecule has 0 radical (unpaired) electrons. The average Bonchev–Trinajstić information content (AvgIpc) is 1.81. The normalized spacial score (nSPS) is 13.2. The number of Topliss-reactive ketones (excluding diaryl/α,β-unsaturated/α-hetero) is 1. The minimum atomic E-state index is -0.0706. The van der Waals surface area contributed by atoms with E-state index in [0.717, 1.165) is 0 Å². The topological polar surface area (TPSA) is 40.5 Å². The van der Waals surface area contributed by atoms with Gasteiger partial charge in [0.15, 0.2) is 5.78 Å². The van der Waals surface area contributed by atoms with Crippen LogP contribution >= 0.6 is 0 Å². The number of carbonyl (C=O) groups excluding carboxylic acids is 1. The van der Waals surface area contributed by atoms with Gasteiger partial charge in [-0.05, 0) is 27.9 Å². The Labute approximate surface area is 67.3 Å². The van der Waals surface area contributed by atoms with E-state index in [1.165, 1.54) is 13.8 Å². The van der Waals surface area contributed by atoms with Crippen molar-refractivity contribution in [2.75, 3.05) is 20.6 Å². The van der Waals surface area contributed by atoms with Crippen molar-refractivity contribution >= 4 is 5.78 Å². The number of nitrogens with zero attached hydrogens (tertiary/aromatic N) is 1. The Balaban J connectivity index is 4.39. The zero-order valence-corrected chi connectivity index (χ0v) is 7.51. The lowest BCUT2D eigenvalue weighted by molar-refractivity contribution is -0.114. The van der Waals surface area contributed by atoms with Crippen LogP contribution in [0.25, 0.3) is 0 Å². The van der Waals surface area contributed by atoms with Gasteiger partial charge < -0.3 is 10.0 Å². The zero-order chi connectivity index (χ0) is 9.02. The first-order chi connectivity index (χ1) is 4.95. The minimum absolute atomic E-state index is 0.0706. The summed E-state index contributed by atoms with van der Waals surface area (Å²) in [6, 6.07) is 0. The highest BCUT2D eigenvalue weighted by Gasteiger charge is 2.08. The van der Waals surface area contributed by atoms with Gasteiger partial charge in [-0.15, -0.1) is 0 Å².